The number of nitriles is 1. The highest BCUT2D eigenvalue weighted by Crippen LogP contribution is 2.16. The second kappa shape index (κ2) is 4.95. The van der Waals surface area contributed by atoms with Gasteiger partial charge in [0.2, 0.25) is 0 Å². The Bertz CT molecular complexity index is 390. The Labute approximate surface area is 95.9 Å². The van der Waals surface area contributed by atoms with Crippen molar-refractivity contribution >= 4 is 5.82 Å². The van der Waals surface area contributed by atoms with E-state index in [1.807, 2.05) is 7.05 Å². The number of nitrogens with one attached hydrogen (secondary N) is 1. The Morgan fingerprint density at radius 3 is 3.25 bits per heavy atom. The topological polar surface area (TPSA) is 52.0 Å². The van der Waals surface area contributed by atoms with Crippen LogP contribution in [0.5, 0.6) is 0 Å². The van der Waals surface area contributed by atoms with Gasteiger partial charge in [0.05, 0.1) is 5.56 Å². The van der Waals surface area contributed by atoms with E-state index in [1.54, 1.807) is 18.3 Å². The summed E-state index contributed by atoms with van der Waals surface area (Å²) < 4.78 is 0. The smallest absolute Gasteiger partial charge is 0.146 e. The molecule has 0 aliphatic carbocycles. The Morgan fingerprint density at radius 2 is 2.56 bits per heavy atom. The zero-order chi connectivity index (χ0) is 11.4. The monoisotopic (exact) mass is 216 g/mol. The molecule has 0 aromatic carbocycles. The maximum Gasteiger partial charge on any atom is 0.146 e. The van der Waals surface area contributed by atoms with Crippen LogP contribution in [0.1, 0.15) is 18.4 Å². The van der Waals surface area contributed by atoms with Gasteiger partial charge in [0.25, 0.3) is 0 Å². The highest BCUT2D eigenvalue weighted by molar-refractivity contribution is 5.52. The summed E-state index contributed by atoms with van der Waals surface area (Å²) in [7, 11) is 1.99. The molecule has 1 N–H and O–H groups in total. The van der Waals surface area contributed by atoms with E-state index in [1.165, 1.54) is 12.8 Å². The van der Waals surface area contributed by atoms with Crippen molar-refractivity contribution in [3.63, 3.8) is 0 Å². The summed E-state index contributed by atoms with van der Waals surface area (Å²) >= 11 is 0. The summed E-state index contributed by atoms with van der Waals surface area (Å²) in [6.45, 7) is 2.01. The molecule has 0 spiro atoms. The van der Waals surface area contributed by atoms with Crippen molar-refractivity contribution in [3.05, 3.63) is 23.9 Å². The summed E-state index contributed by atoms with van der Waals surface area (Å²) in [4.78, 5) is 6.32. The molecule has 16 heavy (non-hydrogen) atoms. The Hall–Kier alpha value is -1.60. The largest absolute Gasteiger partial charge is 0.357 e. The fourth-order valence-corrected chi connectivity index (χ4v) is 2.12. The molecule has 1 aromatic heterocycles. The van der Waals surface area contributed by atoms with E-state index < -0.39 is 0 Å². The average Bonchev–Trinajstić information content (AvgIpc) is 2.81. The van der Waals surface area contributed by atoms with Gasteiger partial charge >= 0.3 is 0 Å². The van der Waals surface area contributed by atoms with Gasteiger partial charge in [0.15, 0.2) is 0 Å². The van der Waals surface area contributed by atoms with Crippen LogP contribution < -0.4 is 10.2 Å². The van der Waals surface area contributed by atoms with Gasteiger partial charge in [-0.25, -0.2) is 4.98 Å². The lowest BCUT2D eigenvalue weighted by Crippen LogP contribution is -2.36. The molecule has 2 heterocycles. The van der Waals surface area contributed by atoms with E-state index in [9.17, 15) is 0 Å². The summed E-state index contributed by atoms with van der Waals surface area (Å²) in [5, 5.41) is 12.4. The highest BCUT2D eigenvalue weighted by atomic mass is 15.2. The average molecular weight is 216 g/mol. The SMILES string of the molecule is CN(CC1CCCN1)c1ncccc1C#N. The second-order valence-electron chi connectivity index (χ2n) is 4.16. The highest BCUT2D eigenvalue weighted by Gasteiger charge is 2.17. The zero-order valence-corrected chi connectivity index (χ0v) is 9.48. The van der Waals surface area contributed by atoms with E-state index in [4.69, 9.17) is 5.26 Å². The van der Waals surface area contributed by atoms with E-state index in [2.05, 4.69) is 21.3 Å². The van der Waals surface area contributed by atoms with Crippen LogP contribution in [-0.4, -0.2) is 31.2 Å². The number of hydrogen-bond acceptors (Lipinski definition) is 4. The molecule has 0 amide bonds. The van der Waals surface area contributed by atoms with Crippen LogP contribution in [0.4, 0.5) is 5.82 Å². The lowest BCUT2D eigenvalue weighted by Gasteiger charge is -2.22. The Balaban J connectivity index is 2.08. The first-order valence-electron chi connectivity index (χ1n) is 5.61. The molecule has 1 aliphatic rings. The number of anilines is 1. The molecule has 1 saturated heterocycles. The van der Waals surface area contributed by atoms with Gasteiger partial charge in [-0.05, 0) is 31.5 Å². The molecular formula is C12H16N4. The quantitative estimate of drug-likeness (QED) is 0.823. The minimum absolute atomic E-state index is 0.526. The third-order valence-corrected chi connectivity index (χ3v) is 2.93. The van der Waals surface area contributed by atoms with Crippen LogP contribution >= 0.6 is 0 Å². The normalized spacial score (nSPS) is 19.4. The second-order valence-corrected chi connectivity index (χ2v) is 4.16. The van der Waals surface area contributed by atoms with Gasteiger partial charge in [0, 0.05) is 25.8 Å². The number of aromatic nitrogens is 1. The van der Waals surface area contributed by atoms with Gasteiger partial charge in [0.1, 0.15) is 11.9 Å². The van der Waals surface area contributed by atoms with Crippen LogP contribution in [0.3, 0.4) is 0 Å². The molecule has 0 bridgehead atoms. The summed E-state index contributed by atoms with van der Waals surface area (Å²) in [6, 6.07) is 6.31. The molecule has 84 valence electrons. The third kappa shape index (κ3) is 2.31. The number of hydrogen-bond donors (Lipinski definition) is 1. The van der Waals surface area contributed by atoms with Crippen molar-refractivity contribution < 1.29 is 0 Å². The molecule has 1 fully saturated rings. The first-order valence-corrected chi connectivity index (χ1v) is 5.61. The molecule has 4 nitrogen and oxygen atoms in total. The molecule has 0 saturated carbocycles. The zero-order valence-electron chi connectivity index (χ0n) is 9.48. The van der Waals surface area contributed by atoms with Crippen LogP contribution in [0.2, 0.25) is 0 Å². The van der Waals surface area contributed by atoms with Crippen LogP contribution in [0, 0.1) is 11.3 Å². The fourth-order valence-electron chi connectivity index (χ4n) is 2.12. The third-order valence-electron chi connectivity index (χ3n) is 2.93. The minimum atomic E-state index is 0.526. The fraction of sp³-hybridized carbons (Fsp3) is 0.500. The molecule has 1 atom stereocenters. The van der Waals surface area contributed by atoms with Crippen LogP contribution in [0.15, 0.2) is 18.3 Å². The molecular weight excluding hydrogens is 200 g/mol. The molecule has 0 radical (unpaired) electrons. The summed E-state index contributed by atoms with van der Waals surface area (Å²) in [6.07, 6.45) is 4.18. The summed E-state index contributed by atoms with van der Waals surface area (Å²) in [5.74, 6) is 0.777. The molecule has 4 heteroatoms. The van der Waals surface area contributed by atoms with E-state index in [0.717, 1.165) is 18.9 Å². The number of pyridine rings is 1. The van der Waals surface area contributed by atoms with Gasteiger partial charge in [-0.3, -0.25) is 0 Å². The van der Waals surface area contributed by atoms with E-state index in [-0.39, 0.29) is 0 Å². The van der Waals surface area contributed by atoms with Gasteiger partial charge in [-0.1, -0.05) is 0 Å². The lowest BCUT2D eigenvalue weighted by molar-refractivity contribution is 0.597. The Kier molecular flexibility index (Phi) is 3.37. The van der Waals surface area contributed by atoms with Crippen molar-refractivity contribution in [2.24, 2.45) is 0 Å². The van der Waals surface area contributed by atoms with Crippen molar-refractivity contribution in [1.82, 2.24) is 10.3 Å². The molecule has 1 unspecified atom stereocenters. The maximum atomic E-state index is 9.00. The first-order chi connectivity index (χ1) is 7.81. The number of likely N-dealkylation sites (N-methyl/N-ethyl adjacent to an activating group) is 1. The van der Waals surface area contributed by atoms with Gasteiger partial charge in [-0.2, -0.15) is 5.26 Å². The van der Waals surface area contributed by atoms with Crippen LogP contribution in [-0.2, 0) is 0 Å². The molecule has 1 aromatic rings. The standard InChI is InChI=1S/C12H16N4/c1-16(9-11-5-3-6-14-11)12-10(8-13)4-2-7-15-12/h2,4,7,11,14H,3,5-6,9H2,1H3. The van der Waals surface area contributed by atoms with Gasteiger partial charge in [-0.15, -0.1) is 0 Å². The van der Waals surface area contributed by atoms with Gasteiger partial charge < -0.3 is 10.2 Å². The Morgan fingerprint density at radius 1 is 1.69 bits per heavy atom. The maximum absolute atomic E-state index is 9.00. The van der Waals surface area contributed by atoms with Crippen molar-refractivity contribution in [3.8, 4) is 6.07 Å². The first kappa shape index (κ1) is 10.9. The van der Waals surface area contributed by atoms with E-state index in [0.29, 0.717) is 11.6 Å². The van der Waals surface area contributed by atoms with Crippen LogP contribution in [0.25, 0.3) is 0 Å². The van der Waals surface area contributed by atoms with Crippen molar-refractivity contribution in [2.45, 2.75) is 18.9 Å². The predicted octanol–water partition coefficient (Wildman–Crippen LogP) is 1.14. The minimum Gasteiger partial charge on any atom is -0.357 e. The molecule has 1 aliphatic heterocycles. The summed E-state index contributed by atoms with van der Waals surface area (Å²) in [5.41, 5.74) is 0.642. The van der Waals surface area contributed by atoms with Crippen molar-refractivity contribution in [2.75, 3.05) is 25.0 Å². The number of nitrogens with zero attached hydrogens (tertiary/aromatic N) is 3. The molecule has 2 rings (SSSR count). The number of rotatable bonds is 3. The van der Waals surface area contributed by atoms with E-state index >= 15 is 0 Å². The predicted molar refractivity (Wildman–Crippen MR) is 63.2 cm³/mol. The van der Waals surface area contributed by atoms with Crippen molar-refractivity contribution in [1.29, 1.82) is 5.26 Å². The lowest BCUT2D eigenvalue weighted by atomic mass is 10.2.